The first-order chi connectivity index (χ1) is 7.66. The highest BCUT2D eigenvalue weighted by atomic mass is 16.6. The van der Waals surface area contributed by atoms with Crippen LogP contribution in [0.2, 0.25) is 0 Å². The monoisotopic (exact) mass is 218 g/mol. The molecule has 1 heterocycles. The Kier molecular flexibility index (Phi) is 2.99. The van der Waals surface area contributed by atoms with E-state index in [4.69, 9.17) is 0 Å². The van der Waals surface area contributed by atoms with Gasteiger partial charge in [-0.05, 0) is 36.5 Å². The second-order valence-electron chi connectivity index (χ2n) is 4.24. The molecule has 0 aliphatic carbocycles. The molecule has 0 amide bonds. The van der Waals surface area contributed by atoms with Crippen LogP contribution in [0.4, 0.5) is 5.69 Å². The zero-order valence-electron chi connectivity index (χ0n) is 9.22. The first-order valence-corrected chi connectivity index (χ1v) is 5.45. The van der Waals surface area contributed by atoms with E-state index in [0.717, 1.165) is 30.7 Å². The number of non-ortho nitro benzene ring substituents is 1. The second kappa shape index (κ2) is 4.43. The molecule has 1 atom stereocenters. The van der Waals surface area contributed by atoms with Crippen LogP contribution in [0, 0.1) is 16.0 Å². The molecular weight excluding hydrogens is 204 g/mol. The van der Waals surface area contributed by atoms with Gasteiger partial charge in [-0.2, -0.15) is 0 Å². The van der Waals surface area contributed by atoms with Crippen molar-refractivity contribution in [2.45, 2.75) is 19.8 Å². The van der Waals surface area contributed by atoms with E-state index in [1.165, 1.54) is 12.1 Å². The van der Waals surface area contributed by atoms with Crippen molar-refractivity contribution < 1.29 is 4.92 Å². The molecule has 1 aromatic rings. The number of hydrogen-bond donors (Lipinski definition) is 0. The summed E-state index contributed by atoms with van der Waals surface area (Å²) in [4.78, 5) is 14.6. The van der Waals surface area contributed by atoms with Gasteiger partial charge in [0.15, 0.2) is 0 Å². The van der Waals surface area contributed by atoms with Crippen LogP contribution in [-0.4, -0.2) is 17.2 Å². The summed E-state index contributed by atoms with van der Waals surface area (Å²) in [6.45, 7) is 3.06. The molecule has 1 aliphatic heterocycles. The quantitative estimate of drug-likeness (QED) is 0.566. The normalized spacial score (nSPS) is 20.3. The average molecular weight is 218 g/mol. The van der Waals surface area contributed by atoms with Gasteiger partial charge in [-0.25, -0.2) is 0 Å². The summed E-state index contributed by atoms with van der Waals surface area (Å²) >= 11 is 0. The maximum absolute atomic E-state index is 10.5. The molecule has 1 unspecified atom stereocenters. The molecule has 4 nitrogen and oxygen atoms in total. The molecule has 0 spiro atoms. The smallest absolute Gasteiger partial charge is 0.269 e. The maximum Gasteiger partial charge on any atom is 0.269 e. The first-order valence-electron chi connectivity index (χ1n) is 5.45. The van der Waals surface area contributed by atoms with Crippen LogP contribution in [0.3, 0.4) is 0 Å². The largest absolute Gasteiger partial charge is 0.289 e. The number of nitro benzene ring substituents is 1. The number of rotatable bonds is 2. The van der Waals surface area contributed by atoms with E-state index in [0.29, 0.717) is 5.92 Å². The summed E-state index contributed by atoms with van der Waals surface area (Å²) < 4.78 is 0. The lowest BCUT2D eigenvalue weighted by Crippen LogP contribution is -2.14. The minimum absolute atomic E-state index is 0.133. The molecular formula is C12H14N2O2. The number of benzene rings is 1. The predicted octanol–water partition coefficient (Wildman–Crippen LogP) is 2.81. The van der Waals surface area contributed by atoms with E-state index in [2.05, 4.69) is 11.9 Å². The van der Waals surface area contributed by atoms with Crippen LogP contribution in [0.15, 0.2) is 29.3 Å². The van der Waals surface area contributed by atoms with Crippen molar-refractivity contribution in [3.63, 3.8) is 0 Å². The third-order valence-electron chi connectivity index (χ3n) is 2.88. The van der Waals surface area contributed by atoms with Gasteiger partial charge in [-0.15, -0.1) is 0 Å². The Morgan fingerprint density at radius 1 is 1.38 bits per heavy atom. The fraction of sp³-hybridized carbons (Fsp3) is 0.417. The van der Waals surface area contributed by atoms with Crippen molar-refractivity contribution in [2.75, 3.05) is 6.54 Å². The van der Waals surface area contributed by atoms with Gasteiger partial charge in [0.2, 0.25) is 0 Å². The van der Waals surface area contributed by atoms with Gasteiger partial charge in [0.1, 0.15) is 0 Å². The third-order valence-corrected chi connectivity index (χ3v) is 2.88. The van der Waals surface area contributed by atoms with Crippen LogP contribution < -0.4 is 0 Å². The number of aliphatic imine (C=N–C) groups is 1. The molecule has 1 aromatic carbocycles. The van der Waals surface area contributed by atoms with Gasteiger partial charge in [0, 0.05) is 24.4 Å². The van der Waals surface area contributed by atoms with Gasteiger partial charge in [-0.1, -0.05) is 6.92 Å². The fourth-order valence-electron chi connectivity index (χ4n) is 1.83. The molecule has 84 valence electrons. The molecule has 0 N–H and O–H groups in total. The molecule has 0 fully saturated rings. The lowest BCUT2D eigenvalue weighted by atomic mass is 9.96. The molecule has 0 saturated carbocycles. The number of hydrogen-bond acceptors (Lipinski definition) is 3. The van der Waals surface area contributed by atoms with E-state index < -0.39 is 0 Å². The Morgan fingerprint density at radius 2 is 2.06 bits per heavy atom. The van der Waals surface area contributed by atoms with Gasteiger partial charge < -0.3 is 0 Å². The lowest BCUT2D eigenvalue weighted by molar-refractivity contribution is -0.384. The number of nitro groups is 1. The zero-order chi connectivity index (χ0) is 11.5. The molecule has 4 heteroatoms. The summed E-state index contributed by atoms with van der Waals surface area (Å²) in [6, 6.07) is 6.64. The molecule has 0 radical (unpaired) electrons. The maximum atomic E-state index is 10.5. The zero-order valence-corrected chi connectivity index (χ0v) is 9.22. The topological polar surface area (TPSA) is 55.5 Å². The van der Waals surface area contributed by atoms with Crippen LogP contribution in [0.1, 0.15) is 25.3 Å². The van der Waals surface area contributed by atoms with Crippen molar-refractivity contribution in [3.8, 4) is 0 Å². The predicted molar refractivity (Wildman–Crippen MR) is 62.9 cm³/mol. The highest BCUT2D eigenvalue weighted by Gasteiger charge is 2.13. The van der Waals surface area contributed by atoms with Crippen molar-refractivity contribution in [1.82, 2.24) is 0 Å². The Morgan fingerprint density at radius 3 is 2.56 bits per heavy atom. The fourth-order valence-corrected chi connectivity index (χ4v) is 1.83. The Bertz CT molecular complexity index is 423. The van der Waals surface area contributed by atoms with Crippen molar-refractivity contribution in [1.29, 1.82) is 0 Å². The number of nitrogens with zero attached hydrogens (tertiary/aromatic N) is 2. The van der Waals surface area contributed by atoms with Crippen molar-refractivity contribution >= 4 is 11.4 Å². The van der Waals surface area contributed by atoms with Gasteiger partial charge in [0.25, 0.3) is 5.69 Å². The minimum atomic E-state index is -0.380. The van der Waals surface area contributed by atoms with Crippen LogP contribution in [0.5, 0.6) is 0 Å². The standard InChI is InChI=1S/C12H14N2O2/c1-9-2-7-12(13-8-9)10-3-5-11(6-4-10)14(15)16/h3-6,9H,2,7-8H2,1H3. The molecule has 2 rings (SSSR count). The SMILES string of the molecule is CC1CCC(c2ccc([N+](=O)[O-])cc2)=NC1. The highest BCUT2D eigenvalue weighted by molar-refractivity contribution is 6.01. The van der Waals surface area contributed by atoms with Crippen LogP contribution in [-0.2, 0) is 0 Å². The second-order valence-corrected chi connectivity index (χ2v) is 4.24. The van der Waals surface area contributed by atoms with Crippen LogP contribution >= 0.6 is 0 Å². The summed E-state index contributed by atoms with van der Waals surface area (Å²) in [5.41, 5.74) is 2.22. The molecule has 0 saturated heterocycles. The van der Waals surface area contributed by atoms with Gasteiger partial charge in [0.05, 0.1) is 4.92 Å². The van der Waals surface area contributed by atoms with Crippen molar-refractivity contribution in [2.24, 2.45) is 10.9 Å². The Balaban J connectivity index is 2.19. The Labute approximate surface area is 94.2 Å². The van der Waals surface area contributed by atoms with E-state index >= 15 is 0 Å². The third kappa shape index (κ3) is 2.27. The van der Waals surface area contributed by atoms with E-state index in [1.54, 1.807) is 12.1 Å². The van der Waals surface area contributed by atoms with Gasteiger partial charge in [-0.3, -0.25) is 15.1 Å². The van der Waals surface area contributed by atoms with Crippen molar-refractivity contribution in [3.05, 3.63) is 39.9 Å². The Hall–Kier alpha value is -1.71. The molecule has 0 aromatic heterocycles. The summed E-state index contributed by atoms with van der Waals surface area (Å²) in [5, 5.41) is 10.5. The summed E-state index contributed by atoms with van der Waals surface area (Å²) in [6.07, 6.45) is 2.12. The molecule has 1 aliphatic rings. The van der Waals surface area contributed by atoms with Crippen LogP contribution in [0.25, 0.3) is 0 Å². The van der Waals surface area contributed by atoms with E-state index in [-0.39, 0.29) is 10.6 Å². The van der Waals surface area contributed by atoms with E-state index in [9.17, 15) is 10.1 Å². The van der Waals surface area contributed by atoms with Gasteiger partial charge >= 0.3 is 0 Å². The highest BCUT2D eigenvalue weighted by Crippen LogP contribution is 2.19. The molecule has 0 bridgehead atoms. The first kappa shape index (κ1) is 10.8. The average Bonchev–Trinajstić information content (AvgIpc) is 2.30. The summed E-state index contributed by atoms with van der Waals surface area (Å²) in [5.74, 6) is 0.654. The molecule has 16 heavy (non-hydrogen) atoms. The lowest BCUT2D eigenvalue weighted by Gasteiger charge is -2.17. The van der Waals surface area contributed by atoms with E-state index in [1.807, 2.05) is 0 Å². The summed E-state index contributed by atoms with van der Waals surface area (Å²) in [7, 11) is 0. The minimum Gasteiger partial charge on any atom is -0.289 e.